The van der Waals surface area contributed by atoms with Crippen LogP contribution < -0.4 is 0 Å². The molecule has 0 unspecified atom stereocenters. The van der Waals surface area contributed by atoms with E-state index in [1.165, 1.54) is 7.11 Å². The van der Waals surface area contributed by atoms with Gasteiger partial charge in [0.2, 0.25) is 0 Å². The number of carbonyl (C=O) groups excluding carboxylic acids is 1. The van der Waals surface area contributed by atoms with Crippen molar-refractivity contribution in [3.8, 4) is 0 Å². The zero-order chi connectivity index (χ0) is 10.1. The van der Waals surface area contributed by atoms with Gasteiger partial charge < -0.3 is 9.57 Å². The Kier molecular flexibility index (Phi) is 6.59. The third-order valence-electron chi connectivity index (χ3n) is 1.19. The van der Waals surface area contributed by atoms with Crippen LogP contribution in [0.2, 0.25) is 0 Å². The van der Waals surface area contributed by atoms with Crippen LogP contribution in [0.3, 0.4) is 0 Å². The number of ether oxygens (including phenoxy) is 1. The molecule has 0 saturated heterocycles. The molecule has 0 bridgehead atoms. The third kappa shape index (κ3) is 5.00. The van der Waals surface area contributed by atoms with E-state index in [0.717, 1.165) is 6.42 Å². The van der Waals surface area contributed by atoms with E-state index in [1.54, 1.807) is 13.0 Å². The summed E-state index contributed by atoms with van der Waals surface area (Å²) in [6.45, 7) is 4.04. The average molecular weight is 185 g/mol. The molecule has 0 N–H and O–H groups in total. The molecule has 4 nitrogen and oxygen atoms in total. The molecular weight excluding hydrogens is 170 g/mol. The van der Waals surface area contributed by atoms with Crippen molar-refractivity contribution in [2.45, 2.75) is 20.3 Å². The van der Waals surface area contributed by atoms with Gasteiger partial charge in [-0.1, -0.05) is 18.2 Å². The number of hydrogen-bond donors (Lipinski definition) is 0. The second kappa shape index (κ2) is 7.34. The minimum Gasteiger partial charge on any atom is -0.461 e. The van der Waals surface area contributed by atoms with Gasteiger partial charge in [0.05, 0.1) is 6.61 Å². The number of hydrogen-bond acceptors (Lipinski definition) is 4. The molecule has 0 heterocycles. The van der Waals surface area contributed by atoms with Crippen molar-refractivity contribution in [2.75, 3.05) is 13.7 Å². The summed E-state index contributed by atoms with van der Waals surface area (Å²) in [6, 6.07) is 0. The Bertz CT molecular complexity index is 209. The fourth-order valence-corrected chi connectivity index (χ4v) is 0.669. The molecule has 0 spiro atoms. The molecule has 0 aromatic carbocycles. The van der Waals surface area contributed by atoms with E-state index in [0.29, 0.717) is 6.61 Å². The zero-order valence-electron chi connectivity index (χ0n) is 8.24. The highest BCUT2D eigenvalue weighted by molar-refractivity contribution is 6.40. The van der Waals surface area contributed by atoms with Crippen molar-refractivity contribution in [1.29, 1.82) is 0 Å². The molecule has 0 atom stereocenters. The maximum Gasteiger partial charge on any atom is 0.360 e. The highest BCUT2D eigenvalue weighted by Crippen LogP contribution is 1.91. The predicted molar refractivity (Wildman–Crippen MR) is 50.5 cm³/mol. The summed E-state index contributed by atoms with van der Waals surface area (Å²) in [5, 5.41) is 3.54. The Morgan fingerprint density at radius 1 is 1.46 bits per heavy atom. The van der Waals surface area contributed by atoms with E-state index in [9.17, 15) is 4.79 Å². The van der Waals surface area contributed by atoms with Crippen molar-refractivity contribution in [2.24, 2.45) is 5.16 Å². The van der Waals surface area contributed by atoms with Crippen LogP contribution in [0.15, 0.2) is 17.3 Å². The Labute approximate surface area is 78.2 Å². The Morgan fingerprint density at radius 2 is 2.15 bits per heavy atom. The molecule has 0 amide bonds. The summed E-state index contributed by atoms with van der Waals surface area (Å²) in [6.07, 6.45) is 4.23. The van der Waals surface area contributed by atoms with Gasteiger partial charge in [0.15, 0.2) is 5.71 Å². The van der Waals surface area contributed by atoms with Crippen LogP contribution in [0, 0.1) is 0 Å². The maximum atomic E-state index is 11.2. The maximum absolute atomic E-state index is 11.2. The predicted octanol–water partition coefficient (Wildman–Crippen LogP) is 1.52. The summed E-state index contributed by atoms with van der Waals surface area (Å²) >= 11 is 0. The average Bonchev–Trinajstić information content (AvgIpc) is 2.12. The lowest BCUT2D eigenvalue weighted by Crippen LogP contribution is -2.15. The highest BCUT2D eigenvalue weighted by Gasteiger charge is 2.08. The smallest absolute Gasteiger partial charge is 0.360 e. The number of oxime groups is 1. The molecule has 0 aromatic rings. The van der Waals surface area contributed by atoms with E-state index < -0.39 is 5.97 Å². The van der Waals surface area contributed by atoms with Crippen LogP contribution in [0.1, 0.15) is 20.3 Å². The minimum atomic E-state index is -0.464. The van der Waals surface area contributed by atoms with Gasteiger partial charge in [0.25, 0.3) is 0 Å². The summed E-state index contributed by atoms with van der Waals surface area (Å²) < 4.78 is 4.75. The first-order chi connectivity index (χ1) is 6.26. The van der Waals surface area contributed by atoms with Gasteiger partial charge in [-0.2, -0.15) is 0 Å². The van der Waals surface area contributed by atoms with Gasteiger partial charge >= 0.3 is 5.97 Å². The van der Waals surface area contributed by atoms with Gasteiger partial charge in [-0.25, -0.2) is 4.79 Å². The number of allylic oxidation sites excluding steroid dienone is 1. The van der Waals surface area contributed by atoms with Crippen LogP contribution in [-0.2, 0) is 14.4 Å². The van der Waals surface area contributed by atoms with Gasteiger partial charge in [-0.15, -0.1) is 0 Å². The van der Waals surface area contributed by atoms with E-state index in [2.05, 4.69) is 9.99 Å². The van der Waals surface area contributed by atoms with Crippen LogP contribution in [0.25, 0.3) is 0 Å². The molecule has 74 valence electrons. The number of carbonyl (C=O) groups is 1. The van der Waals surface area contributed by atoms with E-state index in [1.807, 2.05) is 13.0 Å². The van der Waals surface area contributed by atoms with Gasteiger partial charge in [0, 0.05) is 0 Å². The first kappa shape index (κ1) is 11.7. The molecule has 0 rings (SSSR count). The zero-order valence-corrected chi connectivity index (χ0v) is 8.24. The third-order valence-corrected chi connectivity index (χ3v) is 1.19. The molecule has 4 heteroatoms. The highest BCUT2D eigenvalue weighted by atomic mass is 16.6. The van der Waals surface area contributed by atoms with Gasteiger partial charge in [0.1, 0.15) is 7.11 Å². The second-order valence-electron chi connectivity index (χ2n) is 2.19. The molecule has 0 radical (unpaired) electrons. The van der Waals surface area contributed by atoms with Crippen LogP contribution >= 0.6 is 0 Å². The summed E-state index contributed by atoms with van der Waals surface area (Å²) in [5.74, 6) is -0.464. The Morgan fingerprint density at radius 3 is 2.62 bits per heavy atom. The van der Waals surface area contributed by atoms with Crippen molar-refractivity contribution in [3.63, 3.8) is 0 Å². The largest absolute Gasteiger partial charge is 0.461 e. The molecule has 0 fully saturated rings. The van der Waals surface area contributed by atoms with E-state index in [4.69, 9.17) is 4.74 Å². The molecule has 0 aromatic heterocycles. The fourth-order valence-electron chi connectivity index (χ4n) is 0.669. The minimum absolute atomic E-state index is 0.186. The van der Waals surface area contributed by atoms with Crippen molar-refractivity contribution in [3.05, 3.63) is 12.2 Å². The van der Waals surface area contributed by atoms with Crippen LogP contribution in [-0.4, -0.2) is 25.4 Å². The van der Waals surface area contributed by atoms with E-state index in [-0.39, 0.29) is 5.71 Å². The standard InChI is InChI=1S/C9H15NO3/c1-4-6-7-8(10-12-3)9(11)13-5-2/h6-7H,4-5H2,1-3H3/b7-6+,10-8?. The number of esters is 1. The number of nitrogens with zero attached hydrogens (tertiary/aromatic N) is 1. The quantitative estimate of drug-likeness (QED) is 0.370. The van der Waals surface area contributed by atoms with Gasteiger partial charge in [-0.3, -0.25) is 0 Å². The lowest BCUT2D eigenvalue weighted by atomic mass is 10.3. The summed E-state index contributed by atoms with van der Waals surface area (Å²) in [4.78, 5) is 15.7. The van der Waals surface area contributed by atoms with Crippen LogP contribution in [0.4, 0.5) is 0 Å². The monoisotopic (exact) mass is 185 g/mol. The Hall–Kier alpha value is -1.32. The normalized spacial score (nSPS) is 11.8. The number of rotatable bonds is 5. The molecular formula is C9H15NO3. The second-order valence-corrected chi connectivity index (χ2v) is 2.19. The first-order valence-corrected chi connectivity index (χ1v) is 4.21. The fraction of sp³-hybridized carbons (Fsp3) is 0.556. The SMILES string of the molecule is CC/C=C/C(=NOC)C(=O)OCC. The topological polar surface area (TPSA) is 47.9 Å². The van der Waals surface area contributed by atoms with Crippen LogP contribution in [0.5, 0.6) is 0 Å². The summed E-state index contributed by atoms with van der Waals surface area (Å²) in [7, 11) is 1.39. The van der Waals surface area contributed by atoms with Crippen molar-refractivity contribution < 1.29 is 14.4 Å². The molecule has 0 aliphatic carbocycles. The molecule has 0 saturated carbocycles. The first-order valence-electron chi connectivity index (χ1n) is 4.21. The molecule has 0 aliphatic rings. The molecule has 0 aliphatic heterocycles. The van der Waals surface area contributed by atoms with Crippen molar-refractivity contribution >= 4 is 11.7 Å². The molecule has 13 heavy (non-hydrogen) atoms. The van der Waals surface area contributed by atoms with E-state index >= 15 is 0 Å². The Balaban J connectivity index is 4.33. The lowest BCUT2D eigenvalue weighted by molar-refractivity contribution is -0.135. The van der Waals surface area contributed by atoms with Crippen molar-refractivity contribution in [1.82, 2.24) is 0 Å². The lowest BCUT2D eigenvalue weighted by Gasteiger charge is -1.99. The summed E-state index contributed by atoms with van der Waals surface area (Å²) in [5.41, 5.74) is 0.186. The van der Waals surface area contributed by atoms with Gasteiger partial charge in [-0.05, 0) is 19.4 Å².